The molecule has 0 spiro atoms. The summed E-state index contributed by atoms with van der Waals surface area (Å²) >= 11 is 0. The smallest absolute Gasteiger partial charge is 0.307 e. The van der Waals surface area contributed by atoms with E-state index in [-0.39, 0.29) is 5.92 Å². The third kappa shape index (κ3) is 0.767. The molecule has 0 aromatic heterocycles. The maximum Gasteiger partial charge on any atom is 0.307 e. The van der Waals surface area contributed by atoms with Gasteiger partial charge in [0.25, 0.3) is 0 Å². The third-order valence-electron chi connectivity index (χ3n) is 4.03. The Morgan fingerprint density at radius 1 is 1.46 bits per heavy atom. The van der Waals surface area contributed by atoms with Gasteiger partial charge in [-0.2, -0.15) is 0 Å². The monoisotopic (exact) mass is 178 g/mol. The van der Waals surface area contributed by atoms with E-state index in [1.54, 1.807) is 0 Å². The molecule has 70 valence electrons. The third-order valence-corrected chi connectivity index (χ3v) is 4.03. The Labute approximate surface area is 77.6 Å². The van der Waals surface area contributed by atoms with Crippen LogP contribution in [-0.2, 0) is 4.79 Å². The van der Waals surface area contributed by atoms with Crippen LogP contribution < -0.4 is 0 Å². The highest BCUT2D eigenvalue weighted by atomic mass is 16.4. The maximum absolute atomic E-state index is 10.9. The summed E-state index contributed by atoms with van der Waals surface area (Å²) in [6.07, 6.45) is 1.27. The quantitative estimate of drug-likeness (QED) is 0.623. The minimum absolute atomic E-state index is 0.0198. The molecule has 0 unspecified atom stereocenters. The Hall–Kier alpha value is -0.790. The van der Waals surface area contributed by atoms with Crippen LogP contribution in [0.1, 0.15) is 20.3 Å². The summed E-state index contributed by atoms with van der Waals surface area (Å²) in [5.74, 6) is 1.90. The number of aliphatic carboxylic acids is 1. The molecule has 2 nitrogen and oxygen atoms in total. The van der Waals surface area contributed by atoms with Crippen LogP contribution in [0.25, 0.3) is 0 Å². The van der Waals surface area contributed by atoms with Crippen LogP contribution in [-0.4, -0.2) is 11.1 Å². The fourth-order valence-electron chi connectivity index (χ4n) is 3.54. The number of fused-ring (bicyclic) bond motifs is 3. The summed E-state index contributed by atoms with van der Waals surface area (Å²) in [6, 6.07) is 0. The Balaban J connectivity index is 1.95. The van der Waals surface area contributed by atoms with E-state index in [1.165, 1.54) is 17.6 Å². The minimum atomic E-state index is -0.570. The van der Waals surface area contributed by atoms with Crippen molar-refractivity contribution >= 4 is 5.97 Å². The van der Waals surface area contributed by atoms with Crippen LogP contribution in [0.15, 0.2) is 11.1 Å². The molecule has 5 atom stereocenters. The highest BCUT2D eigenvalue weighted by Crippen LogP contribution is 2.75. The average Bonchev–Trinajstić information content (AvgIpc) is 2.85. The van der Waals surface area contributed by atoms with E-state index in [2.05, 4.69) is 13.8 Å². The molecule has 3 aliphatic rings. The largest absolute Gasteiger partial charge is 0.481 e. The van der Waals surface area contributed by atoms with E-state index in [1.807, 2.05) is 0 Å². The molecule has 1 N–H and O–H groups in total. The van der Waals surface area contributed by atoms with E-state index in [0.29, 0.717) is 11.8 Å². The molecule has 0 aromatic carbocycles. The number of carboxylic acids is 1. The SMILES string of the molecule is CC(C)=C1[C@H]2[C@H](C(=O)O)[C@H]2[C@H]2C[C@@H]12. The van der Waals surface area contributed by atoms with Crippen molar-refractivity contribution in [2.24, 2.45) is 29.6 Å². The van der Waals surface area contributed by atoms with Gasteiger partial charge in [-0.15, -0.1) is 0 Å². The van der Waals surface area contributed by atoms with Crippen molar-refractivity contribution in [3.05, 3.63) is 11.1 Å². The molecule has 13 heavy (non-hydrogen) atoms. The first-order valence-corrected chi connectivity index (χ1v) is 5.03. The van der Waals surface area contributed by atoms with Gasteiger partial charge >= 0.3 is 5.97 Å². The molecule has 3 fully saturated rings. The molecular formula is C11H14O2. The first-order valence-electron chi connectivity index (χ1n) is 5.03. The van der Waals surface area contributed by atoms with Crippen molar-refractivity contribution in [1.82, 2.24) is 0 Å². The minimum Gasteiger partial charge on any atom is -0.481 e. The van der Waals surface area contributed by atoms with Gasteiger partial charge in [0.05, 0.1) is 5.92 Å². The van der Waals surface area contributed by atoms with Crippen molar-refractivity contribution in [2.45, 2.75) is 20.3 Å². The lowest BCUT2D eigenvalue weighted by atomic mass is 10.0. The number of hydrogen-bond donors (Lipinski definition) is 1. The van der Waals surface area contributed by atoms with Gasteiger partial charge in [0.2, 0.25) is 0 Å². The van der Waals surface area contributed by atoms with Crippen LogP contribution in [0.4, 0.5) is 0 Å². The zero-order chi connectivity index (χ0) is 9.33. The Morgan fingerprint density at radius 3 is 2.69 bits per heavy atom. The summed E-state index contributed by atoms with van der Waals surface area (Å²) in [5.41, 5.74) is 2.88. The van der Waals surface area contributed by atoms with E-state index >= 15 is 0 Å². The second kappa shape index (κ2) is 1.99. The zero-order valence-electron chi connectivity index (χ0n) is 7.95. The van der Waals surface area contributed by atoms with Crippen LogP contribution in [0.5, 0.6) is 0 Å². The second-order valence-corrected chi connectivity index (χ2v) is 4.93. The van der Waals surface area contributed by atoms with Crippen molar-refractivity contribution in [3.63, 3.8) is 0 Å². The fourth-order valence-corrected chi connectivity index (χ4v) is 3.54. The summed E-state index contributed by atoms with van der Waals surface area (Å²) < 4.78 is 0. The van der Waals surface area contributed by atoms with Gasteiger partial charge < -0.3 is 5.11 Å². The normalized spacial score (nSPS) is 49.7. The number of carbonyl (C=O) groups is 1. The lowest BCUT2D eigenvalue weighted by Crippen LogP contribution is -2.05. The average molecular weight is 178 g/mol. The van der Waals surface area contributed by atoms with Gasteiger partial charge in [-0.25, -0.2) is 0 Å². The molecule has 0 bridgehead atoms. The Bertz CT molecular complexity index is 325. The Morgan fingerprint density at radius 2 is 2.15 bits per heavy atom. The predicted molar refractivity (Wildman–Crippen MR) is 48.1 cm³/mol. The highest BCUT2D eigenvalue weighted by Gasteiger charge is 2.73. The van der Waals surface area contributed by atoms with E-state index < -0.39 is 5.97 Å². The van der Waals surface area contributed by atoms with Crippen LogP contribution in [0.2, 0.25) is 0 Å². The first kappa shape index (κ1) is 7.60. The summed E-state index contributed by atoms with van der Waals surface area (Å²) in [7, 11) is 0. The van der Waals surface area contributed by atoms with Crippen molar-refractivity contribution < 1.29 is 9.90 Å². The number of hydrogen-bond acceptors (Lipinski definition) is 1. The van der Waals surface area contributed by atoms with Crippen LogP contribution in [0, 0.1) is 29.6 Å². The van der Waals surface area contributed by atoms with Gasteiger partial charge in [0.15, 0.2) is 0 Å². The van der Waals surface area contributed by atoms with Crippen LogP contribution >= 0.6 is 0 Å². The molecule has 0 aliphatic heterocycles. The van der Waals surface area contributed by atoms with Crippen molar-refractivity contribution in [3.8, 4) is 0 Å². The van der Waals surface area contributed by atoms with E-state index in [0.717, 1.165) is 11.8 Å². The summed E-state index contributed by atoms with van der Waals surface area (Å²) in [6.45, 7) is 4.26. The van der Waals surface area contributed by atoms with Gasteiger partial charge in [0.1, 0.15) is 0 Å². The molecule has 0 amide bonds. The molecule has 0 heterocycles. The standard InChI is InChI=1S/C11H14O2/c1-4(2)7-5-3-6(5)8-9(7)10(8)11(12)13/h5-6,8-10H,3H2,1-2H3,(H,12,13)/t5-,6+,8+,9-,10-/m1/s1. The van der Waals surface area contributed by atoms with E-state index in [9.17, 15) is 4.79 Å². The summed E-state index contributed by atoms with van der Waals surface area (Å²) in [4.78, 5) is 10.9. The number of rotatable bonds is 1. The van der Waals surface area contributed by atoms with Gasteiger partial charge in [-0.1, -0.05) is 11.1 Å². The molecule has 3 saturated carbocycles. The molecule has 0 saturated heterocycles. The molecule has 3 rings (SSSR count). The van der Waals surface area contributed by atoms with Crippen molar-refractivity contribution in [2.75, 3.05) is 0 Å². The number of carboxylic acid groups (broad SMARTS) is 1. The second-order valence-electron chi connectivity index (χ2n) is 4.93. The van der Waals surface area contributed by atoms with Crippen LogP contribution in [0.3, 0.4) is 0 Å². The molecule has 0 aromatic rings. The van der Waals surface area contributed by atoms with Crippen molar-refractivity contribution in [1.29, 1.82) is 0 Å². The topological polar surface area (TPSA) is 37.3 Å². The molecule has 3 aliphatic carbocycles. The lowest BCUT2D eigenvalue weighted by Gasteiger charge is -2.05. The predicted octanol–water partition coefficient (Wildman–Crippen LogP) is 1.92. The maximum atomic E-state index is 10.9. The molecule has 2 heteroatoms. The first-order chi connectivity index (χ1) is 6.13. The fraction of sp³-hybridized carbons (Fsp3) is 0.727. The van der Waals surface area contributed by atoms with Gasteiger partial charge in [0, 0.05) is 0 Å². The number of allylic oxidation sites excluding steroid dienone is 2. The molecular weight excluding hydrogens is 164 g/mol. The van der Waals surface area contributed by atoms with Gasteiger partial charge in [-0.3, -0.25) is 4.79 Å². The molecule has 0 radical (unpaired) electrons. The van der Waals surface area contributed by atoms with E-state index in [4.69, 9.17) is 5.11 Å². The highest BCUT2D eigenvalue weighted by molar-refractivity contribution is 5.77. The van der Waals surface area contributed by atoms with Gasteiger partial charge in [-0.05, 0) is 43.9 Å². The summed E-state index contributed by atoms with van der Waals surface area (Å²) in [5, 5.41) is 8.97. The Kier molecular flexibility index (Phi) is 1.17. The lowest BCUT2D eigenvalue weighted by molar-refractivity contribution is -0.139. The zero-order valence-corrected chi connectivity index (χ0v) is 7.95.